The van der Waals surface area contributed by atoms with E-state index in [0.717, 1.165) is 11.1 Å². The summed E-state index contributed by atoms with van der Waals surface area (Å²) in [7, 11) is 0. The van der Waals surface area contributed by atoms with Crippen molar-refractivity contribution in [3.05, 3.63) is 53.3 Å². The maximum atomic E-state index is 11.6. The zero-order chi connectivity index (χ0) is 12.1. The molecular weight excluding hydrogens is 216 g/mol. The number of rotatable bonds is 4. The van der Waals surface area contributed by atoms with E-state index in [1.807, 2.05) is 30.3 Å². The van der Waals surface area contributed by atoms with Crippen molar-refractivity contribution in [2.24, 2.45) is 0 Å². The van der Waals surface area contributed by atoms with Gasteiger partial charge in [0.15, 0.2) is 0 Å². The molecule has 0 aliphatic heterocycles. The minimum atomic E-state index is -0.351. The summed E-state index contributed by atoms with van der Waals surface area (Å²) in [5.74, 6) is -0.351. The third-order valence-electron chi connectivity index (χ3n) is 2.43. The second-order valence-corrected chi connectivity index (χ2v) is 3.65. The Labute approximate surface area is 99.6 Å². The van der Waals surface area contributed by atoms with Gasteiger partial charge < -0.3 is 4.74 Å². The summed E-state index contributed by atoms with van der Waals surface area (Å²) in [6.07, 6.45) is 2.34. The molecule has 0 unspecified atom stereocenters. The maximum absolute atomic E-state index is 11.6. The molecule has 17 heavy (non-hydrogen) atoms. The zero-order valence-corrected chi connectivity index (χ0v) is 9.64. The first-order valence-corrected chi connectivity index (χ1v) is 5.54. The molecule has 1 heterocycles. The number of aromatic nitrogens is 2. The number of H-pyrrole nitrogens is 1. The van der Waals surface area contributed by atoms with Crippen molar-refractivity contribution < 1.29 is 9.53 Å². The van der Waals surface area contributed by atoms with Gasteiger partial charge in [0, 0.05) is 12.0 Å². The van der Waals surface area contributed by atoms with Crippen LogP contribution < -0.4 is 0 Å². The van der Waals surface area contributed by atoms with E-state index in [0.29, 0.717) is 18.7 Å². The van der Waals surface area contributed by atoms with Crippen LogP contribution in [-0.2, 0) is 11.2 Å². The summed E-state index contributed by atoms with van der Waals surface area (Å²) in [5, 5.41) is 6.58. The number of esters is 1. The molecule has 1 aromatic carbocycles. The second kappa shape index (κ2) is 5.30. The summed E-state index contributed by atoms with van der Waals surface area (Å²) >= 11 is 0. The molecule has 0 aliphatic carbocycles. The molecule has 0 amide bonds. The Morgan fingerprint density at radius 1 is 1.35 bits per heavy atom. The van der Waals surface area contributed by atoms with Gasteiger partial charge in [-0.05, 0) is 12.5 Å². The number of nitrogens with zero attached hydrogens (tertiary/aromatic N) is 1. The van der Waals surface area contributed by atoms with E-state index < -0.39 is 0 Å². The highest BCUT2D eigenvalue weighted by Gasteiger charge is 2.14. The van der Waals surface area contributed by atoms with Crippen molar-refractivity contribution in [1.82, 2.24) is 10.2 Å². The molecule has 0 bridgehead atoms. The first-order chi connectivity index (χ1) is 8.31. The fourth-order valence-electron chi connectivity index (χ4n) is 1.64. The Bertz CT molecular complexity index is 491. The lowest BCUT2D eigenvalue weighted by molar-refractivity contribution is 0.0518. The number of hydrogen-bond donors (Lipinski definition) is 1. The highest BCUT2D eigenvalue weighted by Crippen LogP contribution is 2.12. The Hall–Kier alpha value is -2.10. The van der Waals surface area contributed by atoms with Gasteiger partial charge in [-0.15, -0.1) is 0 Å². The van der Waals surface area contributed by atoms with Crippen LogP contribution in [0.15, 0.2) is 36.5 Å². The molecule has 0 spiro atoms. The number of aromatic amines is 1. The molecule has 0 saturated carbocycles. The maximum Gasteiger partial charge on any atom is 0.356 e. The molecule has 2 rings (SSSR count). The van der Waals surface area contributed by atoms with Crippen molar-refractivity contribution in [2.45, 2.75) is 13.3 Å². The number of ether oxygens (including phenoxy) is 1. The van der Waals surface area contributed by atoms with Crippen LogP contribution >= 0.6 is 0 Å². The Kier molecular flexibility index (Phi) is 3.55. The Morgan fingerprint density at radius 3 is 2.82 bits per heavy atom. The van der Waals surface area contributed by atoms with Crippen LogP contribution in [0, 0.1) is 0 Å². The predicted molar refractivity (Wildman–Crippen MR) is 63.8 cm³/mol. The highest BCUT2D eigenvalue weighted by atomic mass is 16.5. The second-order valence-electron chi connectivity index (χ2n) is 3.65. The van der Waals surface area contributed by atoms with E-state index >= 15 is 0 Å². The van der Waals surface area contributed by atoms with Gasteiger partial charge in [0.1, 0.15) is 5.69 Å². The van der Waals surface area contributed by atoms with E-state index in [9.17, 15) is 4.79 Å². The predicted octanol–water partition coefficient (Wildman–Crippen LogP) is 2.18. The van der Waals surface area contributed by atoms with Crippen LogP contribution in [0.2, 0.25) is 0 Å². The summed E-state index contributed by atoms with van der Waals surface area (Å²) in [6, 6.07) is 9.94. The quantitative estimate of drug-likeness (QED) is 0.819. The van der Waals surface area contributed by atoms with Crippen molar-refractivity contribution >= 4 is 5.97 Å². The van der Waals surface area contributed by atoms with Crippen LogP contribution in [0.4, 0.5) is 0 Å². The number of carbonyl (C=O) groups is 1. The topological polar surface area (TPSA) is 55.0 Å². The molecule has 0 fully saturated rings. The molecule has 0 atom stereocenters. The first kappa shape index (κ1) is 11.4. The van der Waals surface area contributed by atoms with E-state index in [1.165, 1.54) is 0 Å². The molecule has 1 aromatic heterocycles. The summed E-state index contributed by atoms with van der Waals surface area (Å²) in [6.45, 7) is 2.15. The van der Waals surface area contributed by atoms with Crippen LogP contribution in [0.1, 0.15) is 28.5 Å². The van der Waals surface area contributed by atoms with Gasteiger partial charge in [0.05, 0.1) is 12.8 Å². The third kappa shape index (κ3) is 2.72. The highest BCUT2D eigenvalue weighted by molar-refractivity contribution is 5.88. The van der Waals surface area contributed by atoms with E-state index in [4.69, 9.17) is 4.74 Å². The van der Waals surface area contributed by atoms with Crippen molar-refractivity contribution in [3.63, 3.8) is 0 Å². The van der Waals surface area contributed by atoms with Crippen molar-refractivity contribution in [2.75, 3.05) is 6.61 Å². The number of hydrogen-bond acceptors (Lipinski definition) is 3. The average molecular weight is 230 g/mol. The molecular formula is C13H14N2O2. The fourth-order valence-corrected chi connectivity index (χ4v) is 1.64. The lowest BCUT2D eigenvalue weighted by Gasteiger charge is -2.03. The minimum Gasteiger partial charge on any atom is -0.461 e. The molecule has 1 N–H and O–H groups in total. The summed E-state index contributed by atoms with van der Waals surface area (Å²) < 4.78 is 4.95. The SMILES string of the molecule is CCOC(=O)c1[nH]ncc1Cc1ccccc1. The zero-order valence-electron chi connectivity index (χ0n) is 9.64. The monoisotopic (exact) mass is 230 g/mol. The molecule has 0 aliphatic rings. The Balaban J connectivity index is 2.17. The van der Waals surface area contributed by atoms with Crippen LogP contribution in [-0.4, -0.2) is 22.8 Å². The lowest BCUT2D eigenvalue weighted by atomic mass is 10.1. The first-order valence-electron chi connectivity index (χ1n) is 5.54. The van der Waals surface area contributed by atoms with Gasteiger partial charge >= 0.3 is 5.97 Å². The summed E-state index contributed by atoms with van der Waals surface area (Å²) in [5.41, 5.74) is 2.44. The van der Waals surface area contributed by atoms with Gasteiger partial charge in [0.2, 0.25) is 0 Å². The van der Waals surface area contributed by atoms with Gasteiger partial charge in [-0.3, -0.25) is 5.10 Å². The lowest BCUT2D eigenvalue weighted by Crippen LogP contribution is -2.08. The summed E-state index contributed by atoms with van der Waals surface area (Å²) in [4.78, 5) is 11.6. The van der Waals surface area contributed by atoms with Crippen molar-refractivity contribution in [1.29, 1.82) is 0 Å². The molecule has 4 heteroatoms. The molecule has 0 saturated heterocycles. The molecule has 0 radical (unpaired) electrons. The van der Waals surface area contributed by atoms with Gasteiger partial charge in [-0.25, -0.2) is 4.79 Å². The van der Waals surface area contributed by atoms with Crippen LogP contribution in [0.5, 0.6) is 0 Å². The molecule has 88 valence electrons. The number of carbonyl (C=O) groups excluding carboxylic acids is 1. The third-order valence-corrected chi connectivity index (χ3v) is 2.43. The van der Waals surface area contributed by atoms with E-state index in [-0.39, 0.29) is 5.97 Å². The molecule has 2 aromatic rings. The van der Waals surface area contributed by atoms with Gasteiger partial charge in [0.25, 0.3) is 0 Å². The van der Waals surface area contributed by atoms with Gasteiger partial charge in [-0.1, -0.05) is 30.3 Å². The van der Waals surface area contributed by atoms with E-state index in [2.05, 4.69) is 10.2 Å². The normalized spacial score (nSPS) is 10.2. The molecule has 4 nitrogen and oxygen atoms in total. The number of nitrogens with one attached hydrogen (secondary N) is 1. The van der Waals surface area contributed by atoms with Crippen molar-refractivity contribution in [3.8, 4) is 0 Å². The largest absolute Gasteiger partial charge is 0.461 e. The van der Waals surface area contributed by atoms with Crippen LogP contribution in [0.25, 0.3) is 0 Å². The number of benzene rings is 1. The van der Waals surface area contributed by atoms with E-state index in [1.54, 1.807) is 13.1 Å². The smallest absolute Gasteiger partial charge is 0.356 e. The van der Waals surface area contributed by atoms with Crippen LogP contribution in [0.3, 0.4) is 0 Å². The Morgan fingerprint density at radius 2 is 2.12 bits per heavy atom. The standard InChI is InChI=1S/C13H14N2O2/c1-2-17-13(16)12-11(9-14-15-12)8-10-6-4-3-5-7-10/h3-7,9H,2,8H2,1H3,(H,14,15). The van der Waals surface area contributed by atoms with Gasteiger partial charge in [-0.2, -0.15) is 5.10 Å². The average Bonchev–Trinajstić information content (AvgIpc) is 2.79. The minimum absolute atomic E-state index is 0.351. The fraction of sp³-hybridized carbons (Fsp3) is 0.231.